The van der Waals surface area contributed by atoms with Gasteiger partial charge in [0.15, 0.2) is 5.78 Å². The fraction of sp³-hybridized carbons (Fsp3) is 0.400. The van der Waals surface area contributed by atoms with Gasteiger partial charge in [0.1, 0.15) is 12.4 Å². The summed E-state index contributed by atoms with van der Waals surface area (Å²) in [6.07, 6.45) is 2.27. The van der Waals surface area contributed by atoms with E-state index in [0.717, 1.165) is 11.3 Å². The molecule has 18 heavy (non-hydrogen) atoms. The molecule has 1 aromatic rings. The molecule has 0 radical (unpaired) electrons. The molecule has 0 fully saturated rings. The van der Waals surface area contributed by atoms with Gasteiger partial charge in [0.2, 0.25) is 0 Å². The minimum absolute atomic E-state index is 0.107. The minimum atomic E-state index is 0.107. The van der Waals surface area contributed by atoms with Crippen molar-refractivity contribution in [2.75, 3.05) is 20.3 Å². The smallest absolute Gasteiger partial charge is 0.158 e. The summed E-state index contributed by atoms with van der Waals surface area (Å²) in [4.78, 5) is 11.4. The molecule has 0 aliphatic carbocycles. The zero-order chi connectivity index (χ0) is 13.4. The molecule has 0 N–H and O–H groups in total. The Labute approximate surface area is 108 Å². The van der Waals surface area contributed by atoms with Crippen LogP contribution < -0.4 is 4.74 Å². The molecule has 98 valence electrons. The van der Waals surface area contributed by atoms with E-state index in [9.17, 15) is 4.79 Å². The maximum absolute atomic E-state index is 11.4. The lowest BCUT2D eigenvalue weighted by Gasteiger charge is -2.12. The highest BCUT2D eigenvalue weighted by Crippen LogP contribution is 2.14. The first-order valence-electron chi connectivity index (χ1n) is 6.01. The Kier molecular flexibility index (Phi) is 6.15. The normalized spacial score (nSPS) is 11.9. The molecular formula is C15H20O3. The molecule has 0 aliphatic heterocycles. The van der Waals surface area contributed by atoms with Crippen molar-refractivity contribution in [3.63, 3.8) is 0 Å². The molecule has 0 saturated carbocycles. The molecule has 3 heteroatoms. The highest BCUT2D eigenvalue weighted by Gasteiger charge is 2.09. The number of methoxy groups -OCH3 is 1. The molecule has 0 heterocycles. The first-order valence-corrected chi connectivity index (χ1v) is 6.01. The average molecular weight is 248 g/mol. The van der Waals surface area contributed by atoms with Crippen LogP contribution in [0, 0.1) is 5.92 Å². The van der Waals surface area contributed by atoms with Crippen LogP contribution in [0.15, 0.2) is 30.8 Å². The van der Waals surface area contributed by atoms with Crippen LogP contribution in [-0.4, -0.2) is 26.1 Å². The maximum atomic E-state index is 11.4. The largest absolute Gasteiger partial charge is 0.493 e. The first kappa shape index (κ1) is 14.5. The summed E-state index contributed by atoms with van der Waals surface area (Å²) >= 11 is 0. The number of hydrogen-bond donors (Lipinski definition) is 0. The van der Waals surface area contributed by atoms with E-state index in [2.05, 4.69) is 6.58 Å². The van der Waals surface area contributed by atoms with Crippen LogP contribution in [0.4, 0.5) is 0 Å². The van der Waals surface area contributed by atoms with Gasteiger partial charge >= 0.3 is 0 Å². The van der Waals surface area contributed by atoms with Gasteiger partial charge in [0.25, 0.3) is 0 Å². The Morgan fingerprint density at radius 1 is 1.39 bits per heavy atom. The van der Waals surface area contributed by atoms with E-state index in [4.69, 9.17) is 9.47 Å². The van der Waals surface area contributed by atoms with E-state index >= 15 is 0 Å². The molecule has 0 aromatic heterocycles. The molecule has 0 bridgehead atoms. The van der Waals surface area contributed by atoms with Crippen molar-refractivity contribution in [1.29, 1.82) is 0 Å². The third-order valence-corrected chi connectivity index (χ3v) is 2.53. The summed E-state index contributed by atoms with van der Waals surface area (Å²) < 4.78 is 10.4. The highest BCUT2D eigenvalue weighted by atomic mass is 16.5. The monoisotopic (exact) mass is 248 g/mol. The molecule has 1 rings (SSSR count). The van der Waals surface area contributed by atoms with Gasteiger partial charge in [-0.2, -0.15) is 0 Å². The van der Waals surface area contributed by atoms with Crippen LogP contribution in [-0.2, 0) is 9.53 Å². The fourth-order valence-electron chi connectivity index (χ4n) is 1.61. The fourth-order valence-corrected chi connectivity index (χ4v) is 1.61. The van der Waals surface area contributed by atoms with Crippen molar-refractivity contribution in [2.45, 2.75) is 13.3 Å². The zero-order valence-electron chi connectivity index (χ0n) is 11.0. The van der Waals surface area contributed by atoms with Gasteiger partial charge < -0.3 is 9.47 Å². The van der Waals surface area contributed by atoms with Gasteiger partial charge in [-0.1, -0.05) is 31.7 Å². The quantitative estimate of drug-likeness (QED) is 0.709. The second kappa shape index (κ2) is 7.67. The van der Waals surface area contributed by atoms with Crippen molar-refractivity contribution >= 4 is 11.9 Å². The van der Waals surface area contributed by atoms with Gasteiger partial charge in [-0.3, -0.25) is 4.79 Å². The van der Waals surface area contributed by atoms with Crippen LogP contribution in [0.5, 0.6) is 5.75 Å². The number of rotatable bonds is 8. The summed E-state index contributed by atoms with van der Waals surface area (Å²) in [6.45, 7) is 6.40. The van der Waals surface area contributed by atoms with E-state index in [-0.39, 0.29) is 18.3 Å². The average Bonchev–Trinajstić information content (AvgIpc) is 2.37. The van der Waals surface area contributed by atoms with Crippen LogP contribution >= 0.6 is 0 Å². The molecular weight excluding hydrogens is 228 g/mol. The predicted molar refractivity (Wildman–Crippen MR) is 72.7 cm³/mol. The Morgan fingerprint density at radius 3 is 2.61 bits per heavy atom. The van der Waals surface area contributed by atoms with Crippen LogP contribution in [0.25, 0.3) is 6.08 Å². The van der Waals surface area contributed by atoms with Gasteiger partial charge in [-0.15, -0.1) is 0 Å². The minimum Gasteiger partial charge on any atom is -0.493 e. The van der Waals surface area contributed by atoms with E-state index in [1.807, 2.05) is 31.2 Å². The molecule has 0 saturated heterocycles. The Hall–Kier alpha value is -1.61. The van der Waals surface area contributed by atoms with Gasteiger partial charge in [-0.25, -0.2) is 0 Å². The van der Waals surface area contributed by atoms with E-state index in [0.29, 0.717) is 13.0 Å². The number of ketones is 1. The van der Waals surface area contributed by atoms with Crippen molar-refractivity contribution in [1.82, 2.24) is 0 Å². The molecule has 0 spiro atoms. The van der Waals surface area contributed by atoms with Crippen LogP contribution in [0.1, 0.15) is 18.9 Å². The van der Waals surface area contributed by atoms with E-state index in [1.54, 1.807) is 6.08 Å². The molecule has 1 aromatic carbocycles. The molecule has 0 aliphatic rings. The molecule has 3 nitrogen and oxygen atoms in total. The Morgan fingerprint density at radius 2 is 2.06 bits per heavy atom. The van der Waals surface area contributed by atoms with Gasteiger partial charge in [-0.05, 0) is 23.6 Å². The van der Waals surface area contributed by atoms with Crippen LogP contribution in [0.3, 0.4) is 0 Å². The number of carbonyl (C=O) groups excluding carboxylic acids is 1. The summed E-state index contributed by atoms with van der Waals surface area (Å²) in [7, 11) is 1.53. The van der Waals surface area contributed by atoms with Crippen molar-refractivity contribution in [2.24, 2.45) is 5.92 Å². The lowest BCUT2D eigenvalue weighted by molar-refractivity contribution is -0.123. The Balaban J connectivity index is 2.34. The number of carbonyl (C=O) groups is 1. The first-order chi connectivity index (χ1) is 8.65. The lowest BCUT2D eigenvalue weighted by Crippen LogP contribution is -2.16. The SMILES string of the molecule is C=Cc1ccc(OCC(C)CC(=O)COC)cc1. The molecule has 0 amide bonds. The zero-order valence-corrected chi connectivity index (χ0v) is 11.0. The second-order valence-electron chi connectivity index (χ2n) is 4.37. The Bertz CT molecular complexity index is 381. The number of benzene rings is 1. The summed E-state index contributed by atoms with van der Waals surface area (Å²) in [5, 5.41) is 0. The molecule has 1 atom stereocenters. The second-order valence-corrected chi connectivity index (χ2v) is 4.37. The lowest BCUT2D eigenvalue weighted by atomic mass is 10.1. The van der Waals surface area contributed by atoms with Crippen molar-refractivity contribution in [3.8, 4) is 5.75 Å². The van der Waals surface area contributed by atoms with Gasteiger partial charge in [0.05, 0.1) is 6.61 Å². The molecule has 1 unspecified atom stereocenters. The standard InChI is InChI=1S/C15H20O3/c1-4-13-5-7-15(8-6-13)18-10-12(2)9-14(16)11-17-3/h4-8,12H,1,9-11H2,2-3H3. The van der Waals surface area contributed by atoms with Crippen molar-refractivity contribution < 1.29 is 14.3 Å². The van der Waals surface area contributed by atoms with E-state index in [1.165, 1.54) is 7.11 Å². The summed E-state index contributed by atoms with van der Waals surface area (Å²) in [6, 6.07) is 7.70. The third kappa shape index (κ3) is 5.15. The third-order valence-electron chi connectivity index (χ3n) is 2.53. The summed E-state index contributed by atoms with van der Waals surface area (Å²) in [5.74, 6) is 1.11. The maximum Gasteiger partial charge on any atom is 0.158 e. The topological polar surface area (TPSA) is 35.5 Å². The van der Waals surface area contributed by atoms with E-state index < -0.39 is 0 Å². The summed E-state index contributed by atoms with van der Waals surface area (Å²) in [5.41, 5.74) is 1.06. The van der Waals surface area contributed by atoms with Crippen molar-refractivity contribution in [3.05, 3.63) is 36.4 Å². The van der Waals surface area contributed by atoms with Gasteiger partial charge in [0, 0.05) is 13.5 Å². The highest BCUT2D eigenvalue weighted by molar-refractivity contribution is 5.79. The number of Topliss-reactive ketones (excluding diaryl/α,β-unsaturated/α-hetero) is 1. The predicted octanol–water partition coefficient (Wildman–Crippen LogP) is 2.95. The van der Waals surface area contributed by atoms with Crippen LogP contribution in [0.2, 0.25) is 0 Å². The number of hydrogen-bond acceptors (Lipinski definition) is 3. The number of ether oxygens (including phenoxy) is 2.